The minimum atomic E-state index is -0.0339. The van der Waals surface area contributed by atoms with Crippen LogP contribution in [-0.2, 0) is 11.3 Å². The maximum atomic E-state index is 12.7. The number of para-hydroxylation sites is 1. The Kier molecular flexibility index (Phi) is 5.20. The normalized spacial score (nSPS) is 17.1. The SMILES string of the molecule is COc1ccccc1CNC(=O)C1CCCN(c2nc3cccnc3s2)C1. The second-order valence-electron chi connectivity index (χ2n) is 6.64. The van der Waals surface area contributed by atoms with Crippen molar-refractivity contribution in [1.29, 1.82) is 0 Å². The van der Waals surface area contributed by atoms with Gasteiger partial charge in [-0.25, -0.2) is 9.97 Å². The fraction of sp³-hybridized carbons (Fsp3) is 0.350. The number of piperidine rings is 1. The summed E-state index contributed by atoms with van der Waals surface area (Å²) >= 11 is 1.59. The number of fused-ring (bicyclic) bond motifs is 1. The third kappa shape index (κ3) is 3.88. The van der Waals surface area contributed by atoms with Crippen molar-refractivity contribution in [1.82, 2.24) is 15.3 Å². The van der Waals surface area contributed by atoms with Crippen molar-refractivity contribution in [2.75, 3.05) is 25.1 Å². The van der Waals surface area contributed by atoms with Crippen LogP contribution in [0.4, 0.5) is 5.13 Å². The third-order valence-electron chi connectivity index (χ3n) is 4.86. The third-order valence-corrected chi connectivity index (χ3v) is 5.90. The van der Waals surface area contributed by atoms with Crippen LogP contribution in [0.25, 0.3) is 10.3 Å². The lowest BCUT2D eigenvalue weighted by Gasteiger charge is -2.31. The Morgan fingerprint density at radius 2 is 2.22 bits per heavy atom. The van der Waals surface area contributed by atoms with Crippen molar-refractivity contribution in [3.05, 3.63) is 48.2 Å². The molecule has 1 amide bonds. The zero-order valence-corrected chi connectivity index (χ0v) is 16.0. The monoisotopic (exact) mass is 382 g/mol. The van der Waals surface area contributed by atoms with Gasteiger partial charge in [-0.2, -0.15) is 0 Å². The van der Waals surface area contributed by atoms with Crippen molar-refractivity contribution in [2.24, 2.45) is 5.92 Å². The highest BCUT2D eigenvalue weighted by Crippen LogP contribution is 2.30. The molecule has 2 aromatic heterocycles. The molecule has 1 aliphatic rings. The largest absolute Gasteiger partial charge is 0.496 e. The Bertz CT molecular complexity index is 909. The molecule has 0 radical (unpaired) electrons. The van der Waals surface area contributed by atoms with Crippen LogP contribution in [-0.4, -0.2) is 36.1 Å². The number of methoxy groups -OCH3 is 1. The van der Waals surface area contributed by atoms with Crippen LogP contribution in [0.5, 0.6) is 5.75 Å². The van der Waals surface area contributed by atoms with Crippen LogP contribution in [0.2, 0.25) is 0 Å². The van der Waals surface area contributed by atoms with Gasteiger partial charge in [0.15, 0.2) is 5.13 Å². The minimum absolute atomic E-state index is 0.0339. The van der Waals surface area contributed by atoms with Crippen LogP contribution in [0, 0.1) is 5.92 Å². The van der Waals surface area contributed by atoms with E-state index in [1.54, 1.807) is 24.6 Å². The van der Waals surface area contributed by atoms with Crippen LogP contribution in [0.3, 0.4) is 0 Å². The summed E-state index contributed by atoms with van der Waals surface area (Å²) < 4.78 is 5.35. The van der Waals surface area contributed by atoms with E-state index in [4.69, 9.17) is 4.74 Å². The molecule has 4 rings (SSSR count). The summed E-state index contributed by atoms with van der Waals surface area (Å²) in [5.41, 5.74) is 1.90. The summed E-state index contributed by atoms with van der Waals surface area (Å²) in [6.45, 7) is 2.10. The van der Waals surface area contributed by atoms with Crippen LogP contribution < -0.4 is 15.0 Å². The number of thiazole rings is 1. The van der Waals surface area contributed by atoms with Crippen molar-refractivity contribution < 1.29 is 9.53 Å². The minimum Gasteiger partial charge on any atom is -0.496 e. The van der Waals surface area contributed by atoms with Crippen LogP contribution in [0.1, 0.15) is 18.4 Å². The van der Waals surface area contributed by atoms with Gasteiger partial charge < -0.3 is 15.0 Å². The summed E-state index contributed by atoms with van der Waals surface area (Å²) in [5.74, 6) is 0.850. The number of rotatable bonds is 5. The number of amides is 1. The number of hydrogen-bond donors (Lipinski definition) is 1. The van der Waals surface area contributed by atoms with Crippen molar-refractivity contribution >= 4 is 32.7 Å². The fourth-order valence-corrected chi connectivity index (χ4v) is 4.38. The van der Waals surface area contributed by atoms with E-state index in [-0.39, 0.29) is 11.8 Å². The van der Waals surface area contributed by atoms with E-state index >= 15 is 0 Å². The Morgan fingerprint density at radius 3 is 3.07 bits per heavy atom. The Morgan fingerprint density at radius 1 is 1.33 bits per heavy atom. The topological polar surface area (TPSA) is 67.3 Å². The first-order valence-electron chi connectivity index (χ1n) is 9.10. The van der Waals surface area contributed by atoms with E-state index in [0.29, 0.717) is 13.1 Å². The van der Waals surface area contributed by atoms with E-state index in [1.165, 1.54) is 0 Å². The number of hydrogen-bond acceptors (Lipinski definition) is 6. The average Bonchev–Trinajstić information content (AvgIpc) is 3.16. The maximum Gasteiger partial charge on any atom is 0.225 e. The molecule has 27 heavy (non-hydrogen) atoms. The number of benzene rings is 1. The molecule has 140 valence electrons. The van der Waals surface area contributed by atoms with Gasteiger partial charge in [0.1, 0.15) is 16.1 Å². The van der Waals surface area contributed by atoms with Crippen molar-refractivity contribution in [3.8, 4) is 5.75 Å². The molecular formula is C20H22N4O2S. The zero-order valence-electron chi connectivity index (χ0n) is 15.2. The summed E-state index contributed by atoms with van der Waals surface area (Å²) in [7, 11) is 1.65. The van der Waals surface area contributed by atoms with E-state index < -0.39 is 0 Å². The van der Waals surface area contributed by atoms with Gasteiger partial charge in [0, 0.05) is 31.4 Å². The molecule has 1 fully saturated rings. The molecule has 3 aromatic rings. The van der Waals surface area contributed by atoms with Gasteiger partial charge in [0.2, 0.25) is 5.91 Å². The number of nitrogens with zero attached hydrogens (tertiary/aromatic N) is 3. The van der Waals surface area contributed by atoms with Gasteiger partial charge in [-0.1, -0.05) is 29.5 Å². The van der Waals surface area contributed by atoms with E-state index in [1.807, 2.05) is 36.4 Å². The Balaban J connectivity index is 1.40. The molecule has 7 heteroatoms. The summed E-state index contributed by atoms with van der Waals surface area (Å²) in [4.78, 5) is 24.9. The number of ether oxygens (including phenoxy) is 1. The fourth-order valence-electron chi connectivity index (χ4n) is 3.43. The van der Waals surface area contributed by atoms with Crippen molar-refractivity contribution in [3.63, 3.8) is 0 Å². The quantitative estimate of drug-likeness (QED) is 0.734. The van der Waals surface area contributed by atoms with Gasteiger partial charge in [0.25, 0.3) is 0 Å². The second kappa shape index (κ2) is 7.92. The molecule has 1 N–H and O–H groups in total. The average molecular weight is 382 g/mol. The number of pyridine rings is 1. The van der Waals surface area contributed by atoms with Crippen LogP contribution >= 0.6 is 11.3 Å². The predicted molar refractivity (Wildman–Crippen MR) is 107 cm³/mol. The lowest BCUT2D eigenvalue weighted by atomic mass is 9.97. The summed E-state index contributed by atoms with van der Waals surface area (Å²) in [6, 6.07) is 11.6. The summed E-state index contributed by atoms with van der Waals surface area (Å²) in [6.07, 6.45) is 3.67. The van der Waals surface area contributed by atoms with Crippen molar-refractivity contribution in [2.45, 2.75) is 19.4 Å². The Labute approximate surface area is 162 Å². The standard InChI is InChI=1S/C20H22N4O2S/c1-26-17-9-3-2-6-14(17)12-22-18(25)15-7-5-11-24(13-15)20-23-16-8-4-10-21-19(16)27-20/h2-4,6,8-10,15H,5,7,11-13H2,1H3,(H,22,25). The molecule has 0 saturated carbocycles. The van der Waals surface area contributed by atoms with E-state index in [0.717, 1.165) is 46.2 Å². The molecular weight excluding hydrogens is 360 g/mol. The van der Waals surface area contributed by atoms with Gasteiger partial charge >= 0.3 is 0 Å². The first-order chi connectivity index (χ1) is 13.2. The molecule has 3 heterocycles. The number of carbonyl (C=O) groups is 1. The molecule has 1 unspecified atom stereocenters. The molecule has 1 saturated heterocycles. The lowest BCUT2D eigenvalue weighted by molar-refractivity contribution is -0.125. The highest BCUT2D eigenvalue weighted by atomic mass is 32.1. The number of anilines is 1. The molecule has 0 bridgehead atoms. The van der Waals surface area contributed by atoms with Gasteiger partial charge in [-0.15, -0.1) is 0 Å². The molecule has 1 aliphatic heterocycles. The molecule has 0 spiro atoms. The first-order valence-corrected chi connectivity index (χ1v) is 9.92. The summed E-state index contributed by atoms with van der Waals surface area (Å²) in [5, 5.41) is 4.02. The zero-order chi connectivity index (χ0) is 18.6. The van der Waals surface area contributed by atoms with Crippen LogP contribution in [0.15, 0.2) is 42.6 Å². The molecule has 1 atom stereocenters. The van der Waals surface area contributed by atoms with E-state index in [2.05, 4.69) is 20.2 Å². The first kappa shape index (κ1) is 17.7. The van der Waals surface area contributed by atoms with Gasteiger partial charge in [-0.05, 0) is 31.0 Å². The second-order valence-corrected chi connectivity index (χ2v) is 7.59. The predicted octanol–water partition coefficient (Wildman–Crippen LogP) is 3.23. The van der Waals surface area contributed by atoms with Gasteiger partial charge in [-0.3, -0.25) is 4.79 Å². The van der Waals surface area contributed by atoms with E-state index in [9.17, 15) is 4.79 Å². The molecule has 0 aliphatic carbocycles. The van der Waals surface area contributed by atoms with Gasteiger partial charge in [0.05, 0.1) is 13.0 Å². The lowest BCUT2D eigenvalue weighted by Crippen LogP contribution is -2.43. The Hall–Kier alpha value is -2.67. The highest BCUT2D eigenvalue weighted by molar-refractivity contribution is 7.21. The molecule has 1 aromatic carbocycles. The highest BCUT2D eigenvalue weighted by Gasteiger charge is 2.27. The number of nitrogens with one attached hydrogen (secondary N) is 1. The number of carbonyl (C=O) groups excluding carboxylic acids is 1. The smallest absolute Gasteiger partial charge is 0.225 e. The molecule has 6 nitrogen and oxygen atoms in total. The maximum absolute atomic E-state index is 12.7. The number of aromatic nitrogens is 2.